The van der Waals surface area contributed by atoms with Crippen molar-refractivity contribution in [1.29, 1.82) is 0 Å². The monoisotopic (exact) mass is 661 g/mol. The van der Waals surface area contributed by atoms with Crippen LogP contribution in [0.15, 0.2) is 66.7 Å². The van der Waals surface area contributed by atoms with Gasteiger partial charge in [-0.05, 0) is 61.4 Å². The number of nitrogens with zero attached hydrogens (tertiary/aromatic N) is 2. The van der Waals surface area contributed by atoms with Crippen LogP contribution < -0.4 is 5.32 Å². The molecule has 2 unspecified atom stereocenters. The zero-order valence-corrected chi connectivity index (χ0v) is 28.7. The summed E-state index contributed by atoms with van der Waals surface area (Å²) >= 11 is 0. The van der Waals surface area contributed by atoms with Crippen molar-refractivity contribution in [2.24, 2.45) is 5.92 Å². The average Bonchev–Trinajstić information content (AvgIpc) is 3.60. The number of aryl methyl sites for hydroxylation is 4. The van der Waals surface area contributed by atoms with Crippen LogP contribution >= 0.6 is 0 Å². The Morgan fingerprint density at radius 3 is 2.39 bits per heavy atom. The van der Waals surface area contributed by atoms with Crippen LogP contribution in [0.3, 0.4) is 0 Å². The average molecular weight is 662 g/mol. The standard InChI is InChI=1S/C37H38N3O3.Y/c1-22-13-18-29(23(2)19-22)34(37(42)43)39-36(41)33(27-9-5-6-10-27)28-16-14-26(15-17-28)21-40-31-12-8-7-11-30(31)32-24(3)20-25(4)38-35(32)40;/h7-8,11-18,20,27,33-34H,5-6,9-10,21H2,1-4H3,(H,39,41)(H,42,43);/q-1;. The number of carboxylic acids is 1. The van der Waals surface area contributed by atoms with E-state index in [0.29, 0.717) is 12.1 Å². The maximum absolute atomic E-state index is 13.9. The fraction of sp³-hybridized carbons (Fsp3) is 0.324. The van der Waals surface area contributed by atoms with Gasteiger partial charge in [0.15, 0.2) is 0 Å². The second kappa shape index (κ2) is 13.3. The quantitative estimate of drug-likeness (QED) is 0.169. The molecule has 0 saturated heterocycles. The van der Waals surface area contributed by atoms with E-state index in [1.165, 1.54) is 16.3 Å². The number of hydrogen-bond acceptors (Lipinski definition) is 3. The molecule has 1 aliphatic carbocycles. The van der Waals surface area contributed by atoms with Crippen molar-refractivity contribution in [1.82, 2.24) is 14.9 Å². The van der Waals surface area contributed by atoms with Crippen LogP contribution in [0.2, 0.25) is 0 Å². The van der Waals surface area contributed by atoms with Gasteiger partial charge in [0.25, 0.3) is 0 Å². The number of pyridine rings is 1. The van der Waals surface area contributed by atoms with Gasteiger partial charge in [-0.2, -0.15) is 29.3 Å². The first kappa shape index (κ1) is 32.1. The number of hydrogen-bond donors (Lipinski definition) is 2. The summed E-state index contributed by atoms with van der Waals surface area (Å²) in [6, 6.07) is 24.6. The largest absolute Gasteiger partial charge is 0.480 e. The van der Waals surface area contributed by atoms with Gasteiger partial charge in [-0.3, -0.25) is 9.59 Å². The first-order valence-electron chi connectivity index (χ1n) is 15.2. The Hall–Kier alpha value is -3.35. The number of carbonyl (C=O) groups is 2. The van der Waals surface area contributed by atoms with E-state index in [0.717, 1.165) is 64.8 Å². The van der Waals surface area contributed by atoms with Gasteiger partial charge in [0.1, 0.15) is 11.7 Å². The molecule has 6 nitrogen and oxygen atoms in total. The summed E-state index contributed by atoms with van der Waals surface area (Å²) in [5.74, 6) is -1.53. The summed E-state index contributed by atoms with van der Waals surface area (Å²) in [7, 11) is 0. The van der Waals surface area contributed by atoms with E-state index < -0.39 is 17.9 Å². The SMILES string of the molecule is Cc1[c-]c(C)c(C(NC(=O)C(c2ccc(Cn3c4ccccc4c4c(C)cc(C)nc43)cc2)C2CCCC2)C(=O)O)cc1.[Y]. The molecule has 0 spiro atoms. The Balaban J connectivity index is 0.00000384. The molecule has 1 aliphatic rings. The second-order valence-corrected chi connectivity index (χ2v) is 12.1. The first-order chi connectivity index (χ1) is 20.7. The molecule has 5 aromatic rings. The van der Waals surface area contributed by atoms with Gasteiger partial charge < -0.3 is 15.0 Å². The Morgan fingerprint density at radius 2 is 1.70 bits per heavy atom. The molecular weight excluding hydrogens is 623 g/mol. The van der Waals surface area contributed by atoms with Crippen LogP contribution in [0.25, 0.3) is 21.9 Å². The number of aromatic nitrogens is 2. The van der Waals surface area contributed by atoms with Gasteiger partial charge in [-0.25, -0.2) is 4.98 Å². The maximum atomic E-state index is 13.9. The number of amides is 1. The van der Waals surface area contributed by atoms with Crippen LogP contribution in [0, 0.1) is 39.7 Å². The molecule has 3 aromatic carbocycles. The minimum atomic E-state index is -1.12. The third-order valence-corrected chi connectivity index (χ3v) is 9.05. The number of carbonyl (C=O) groups excluding carboxylic acids is 1. The molecule has 0 bridgehead atoms. The van der Waals surface area contributed by atoms with Gasteiger partial charge in [0.2, 0.25) is 5.91 Å². The van der Waals surface area contributed by atoms with Crippen molar-refractivity contribution in [3.05, 3.63) is 112 Å². The van der Waals surface area contributed by atoms with Crippen molar-refractivity contribution in [2.75, 3.05) is 0 Å². The van der Waals surface area contributed by atoms with Crippen LogP contribution in [0.5, 0.6) is 0 Å². The summed E-state index contributed by atoms with van der Waals surface area (Å²) in [4.78, 5) is 31.2. The molecule has 1 radical (unpaired) electrons. The summed E-state index contributed by atoms with van der Waals surface area (Å²) in [6.45, 7) is 8.59. The predicted molar refractivity (Wildman–Crippen MR) is 170 cm³/mol. The molecule has 1 amide bonds. The summed E-state index contributed by atoms with van der Waals surface area (Å²) < 4.78 is 2.28. The minimum absolute atomic E-state index is 0. The third kappa shape index (κ3) is 6.25. The zero-order chi connectivity index (χ0) is 30.2. The molecule has 6 rings (SSSR count). The van der Waals surface area contributed by atoms with Crippen LogP contribution in [0.4, 0.5) is 0 Å². The predicted octanol–water partition coefficient (Wildman–Crippen LogP) is 7.49. The normalized spacial score (nSPS) is 14.8. The summed E-state index contributed by atoms with van der Waals surface area (Å²) in [5, 5.41) is 15.4. The molecule has 1 fully saturated rings. The van der Waals surface area contributed by atoms with E-state index in [-0.39, 0.29) is 44.5 Å². The van der Waals surface area contributed by atoms with Crippen molar-refractivity contribution < 1.29 is 47.4 Å². The topological polar surface area (TPSA) is 84.2 Å². The second-order valence-electron chi connectivity index (χ2n) is 12.1. The van der Waals surface area contributed by atoms with Gasteiger partial charge >= 0.3 is 5.97 Å². The molecular formula is C37H38N3O3Y-. The van der Waals surface area contributed by atoms with E-state index in [1.54, 1.807) is 6.07 Å². The smallest absolute Gasteiger partial charge is 0.318 e. The third-order valence-electron chi connectivity index (χ3n) is 9.05. The fourth-order valence-electron chi connectivity index (χ4n) is 7.05. The van der Waals surface area contributed by atoms with Crippen molar-refractivity contribution in [2.45, 2.75) is 71.9 Å². The molecule has 0 aliphatic heterocycles. The number of carboxylic acid groups (broad SMARTS) is 1. The zero-order valence-electron chi connectivity index (χ0n) is 25.9. The van der Waals surface area contributed by atoms with Crippen molar-refractivity contribution >= 4 is 33.8 Å². The number of aliphatic carboxylic acids is 1. The first-order valence-corrected chi connectivity index (χ1v) is 15.2. The Bertz CT molecular complexity index is 1840. The summed E-state index contributed by atoms with van der Waals surface area (Å²) in [6.07, 6.45) is 4.09. The molecule has 44 heavy (non-hydrogen) atoms. The van der Waals surface area contributed by atoms with E-state index in [9.17, 15) is 14.7 Å². The Labute approximate surface area is 284 Å². The van der Waals surface area contributed by atoms with E-state index in [1.807, 2.05) is 26.8 Å². The molecule has 223 valence electrons. The molecule has 2 N–H and O–H groups in total. The molecule has 2 atom stereocenters. The van der Waals surface area contributed by atoms with Gasteiger partial charge in [0, 0.05) is 55.7 Å². The van der Waals surface area contributed by atoms with E-state index in [2.05, 4.69) is 77.5 Å². The van der Waals surface area contributed by atoms with Gasteiger partial charge in [0.05, 0.1) is 11.4 Å². The molecule has 2 heterocycles. The Morgan fingerprint density at radius 1 is 1.00 bits per heavy atom. The fourth-order valence-corrected chi connectivity index (χ4v) is 7.05. The Kier molecular flexibility index (Phi) is 9.72. The number of fused-ring (bicyclic) bond motifs is 3. The van der Waals surface area contributed by atoms with Gasteiger partial charge in [-0.15, -0.1) is 5.56 Å². The number of nitrogens with one attached hydrogen (secondary N) is 1. The maximum Gasteiger partial charge on any atom is 0.318 e. The van der Waals surface area contributed by atoms with Crippen LogP contribution in [-0.2, 0) is 48.8 Å². The van der Waals surface area contributed by atoms with E-state index >= 15 is 0 Å². The van der Waals surface area contributed by atoms with E-state index in [4.69, 9.17) is 4.98 Å². The molecule has 2 aromatic heterocycles. The van der Waals surface area contributed by atoms with Crippen molar-refractivity contribution in [3.8, 4) is 0 Å². The minimum Gasteiger partial charge on any atom is -0.480 e. The van der Waals surface area contributed by atoms with Crippen LogP contribution in [-0.4, -0.2) is 26.5 Å². The van der Waals surface area contributed by atoms with Crippen molar-refractivity contribution in [3.63, 3.8) is 0 Å². The molecule has 7 heteroatoms. The van der Waals surface area contributed by atoms with Crippen LogP contribution in [0.1, 0.15) is 76.7 Å². The molecule has 1 saturated carbocycles. The number of para-hydroxylation sites is 1. The number of benzene rings is 3. The van der Waals surface area contributed by atoms with Gasteiger partial charge in [-0.1, -0.05) is 69.2 Å². The number of rotatable bonds is 8. The summed E-state index contributed by atoms with van der Waals surface area (Å²) in [5.41, 5.74) is 8.62.